The second-order valence-corrected chi connectivity index (χ2v) is 10.5. The van der Waals surface area contributed by atoms with Crippen LogP contribution in [0.3, 0.4) is 0 Å². The number of rotatable bonds is 4. The summed E-state index contributed by atoms with van der Waals surface area (Å²) in [6, 6.07) is 14.5. The van der Waals surface area contributed by atoms with Crippen LogP contribution >= 0.6 is 10.5 Å². The van der Waals surface area contributed by atoms with Gasteiger partial charge < -0.3 is 4.57 Å². The molecule has 31 heavy (non-hydrogen) atoms. The van der Waals surface area contributed by atoms with Gasteiger partial charge in [0, 0.05) is 41.8 Å². The molecule has 5 rings (SSSR count). The predicted octanol–water partition coefficient (Wildman–Crippen LogP) is 5.47. The van der Waals surface area contributed by atoms with E-state index < -0.39 is 0 Å². The highest BCUT2D eigenvalue weighted by Crippen LogP contribution is 2.42. The summed E-state index contributed by atoms with van der Waals surface area (Å²) in [4.78, 5) is 17.4. The van der Waals surface area contributed by atoms with Crippen LogP contribution in [0.25, 0.3) is 11.1 Å². The van der Waals surface area contributed by atoms with Crippen LogP contribution in [0.1, 0.15) is 48.1 Å². The van der Waals surface area contributed by atoms with Gasteiger partial charge in [-0.25, -0.2) is 4.39 Å². The molecule has 0 bridgehead atoms. The highest BCUT2D eigenvalue weighted by molar-refractivity contribution is 8.14. The first kappa shape index (κ1) is 20.1. The number of nitrogens with zero attached hydrogens (tertiary/aromatic N) is 2. The Balaban J connectivity index is 1.71. The molecule has 2 aliphatic rings. The molecule has 1 saturated carbocycles. The minimum Gasteiger partial charge on any atom is -0.318 e. The van der Waals surface area contributed by atoms with Crippen molar-refractivity contribution in [1.29, 1.82) is 0 Å². The topological polar surface area (TPSA) is 34.4 Å². The fourth-order valence-corrected chi connectivity index (χ4v) is 5.88. The Labute approximate surface area is 184 Å². The summed E-state index contributed by atoms with van der Waals surface area (Å²) >= 11 is 0. The molecule has 0 saturated heterocycles. The van der Waals surface area contributed by atoms with E-state index in [9.17, 15) is 9.18 Å². The van der Waals surface area contributed by atoms with Crippen molar-refractivity contribution >= 4 is 22.1 Å². The van der Waals surface area contributed by atoms with E-state index in [2.05, 4.69) is 24.1 Å². The normalized spacial score (nSPS) is 18.5. The standard InChI is InChI=1S/C26H25FN2OS/c1-16-22-13-25(30)29(2)14-24(22)23-12-17(15-31(3)20-9-10-20)4-11-21(23)26(28-16)18-5-7-19(27)8-6-18/h4-8,11-14,16,20H,3,9-10,15H2,1-2H3/t16-,31?/m0/s1. The van der Waals surface area contributed by atoms with Crippen molar-refractivity contribution in [2.75, 3.05) is 0 Å². The summed E-state index contributed by atoms with van der Waals surface area (Å²) in [6.07, 6.45) is 4.51. The summed E-state index contributed by atoms with van der Waals surface area (Å²) in [6.45, 7) is 2.01. The van der Waals surface area contributed by atoms with Gasteiger partial charge in [-0.1, -0.05) is 18.0 Å². The van der Waals surface area contributed by atoms with Gasteiger partial charge in [0.1, 0.15) is 5.82 Å². The van der Waals surface area contributed by atoms with Gasteiger partial charge in [-0.15, -0.1) is 0 Å². The lowest BCUT2D eigenvalue weighted by Crippen LogP contribution is -2.17. The number of aliphatic imine (C=N–C) groups is 1. The fourth-order valence-electron chi connectivity index (χ4n) is 4.23. The number of hydrogen-bond donors (Lipinski definition) is 0. The van der Waals surface area contributed by atoms with E-state index in [1.165, 1.54) is 30.5 Å². The van der Waals surface area contributed by atoms with Gasteiger partial charge in [0.2, 0.25) is 0 Å². The van der Waals surface area contributed by atoms with E-state index in [-0.39, 0.29) is 27.9 Å². The third-order valence-corrected chi connectivity index (χ3v) is 8.25. The summed E-state index contributed by atoms with van der Waals surface area (Å²) in [5.74, 6) is 5.10. The lowest BCUT2D eigenvalue weighted by molar-refractivity contribution is 0.628. The van der Waals surface area contributed by atoms with Gasteiger partial charge in [0.05, 0.1) is 11.8 Å². The fraction of sp³-hybridized carbons (Fsp3) is 0.269. The Morgan fingerprint density at radius 1 is 1.10 bits per heavy atom. The van der Waals surface area contributed by atoms with Crippen LogP contribution in [0.5, 0.6) is 0 Å². The summed E-state index contributed by atoms with van der Waals surface area (Å²) in [5.41, 5.74) is 6.96. The molecule has 158 valence electrons. The van der Waals surface area contributed by atoms with E-state index >= 15 is 0 Å². The molecular formula is C26H25FN2OS. The van der Waals surface area contributed by atoms with Gasteiger partial charge in [-0.05, 0) is 72.0 Å². The second-order valence-electron chi connectivity index (χ2n) is 8.51. The molecule has 2 atom stereocenters. The quantitative estimate of drug-likeness (QED) is 0.504. The zero-order valence-corrected chi connectivity index (χ0v) is 18.6. The van der Waals surface area contributed by atoms with Gasteiger partial charge in [0.15, 0.2) is 0 Å². The Morgan fingerprint density at radius 3 is 2.55 bits per heavy atom. The maximum Gasteiger partial charge on any atom is 0.250 e. The van der Waals surface area contributed by atoms with E-state index in [0.29, 0.717) is 0 Å². The Hall–Kier alpha value is -2.79. The molecule has 0 spiro atoms. The summed E-state index contributed by atoms with van der Waals surface area (Å²) in [7, 11) is 1.92. The second kappa shape index (κ2) is 7.72. The predicted molar refractivity (Wildman–Crippen MR) is 129 cm³/mol. The first-order chi connectivity index (χ1) is 14.9. The van der Waals surface area contributed by atoms with E-state index in [1.807, 2.05) is 13.1 Å². The molecule has 3 nitrogen and oxygen atoms in total. The molecule has 0 amide bonds. The van der Waals surface area contributed by atoms with E-state index in [0.717, 1.165) is 44.5 Å². The Morgan fingerprint density at radius 2 is 1.84 bits per heavy atom. The van der Waals surface area contributed by atoms with Crippen molar-refractivity contribution in [3.8, 4) is 11.1 Å². The molecule has 2 heterocycles. The molecule has 2 aromatic carbocycles. The highest BCUT2D eigenvalue weighted by atomic mass is 32.2. The van der Waals surface area contributed by atoms with Gasteiger partial charge >= 0.3 is 0 Å². The molecular weight excluding hydrogens is 407 g/mol. The largest absolute Gasteiger partial charge is 0.318 e. The summed E-state index contributed by atoms with van der Waals surface area (Å²) in [5, 5.41) is 0.767. The summed E-state index contributed by atoms with van der Waals surface area (Å²) < 4.78 is 15.2. The van der Waals surface area contributed by atoms with Crippen LogP contribution in [0.15, 0.2) is 64.5 Å². The lowest BCUT2D eigenvalue weighted by atomic mass is 9.91. The average molecular weight is 433 g/mol. The van der Waals surface area contributed by atoms with Crippen LogP contribution in [-0.4, -0.2) is 21.4 Å². The molecule has 3 aromatic rings. The SMILES string of the molecule is C=S(Cc1ccc2c(c1)-c1cn(C)c(=O)cc1[C@H](C)N=C2c1ccc(F)cc1)C1CC1. The number of fused-ring (bicyclic) bond motifs is 3. The monoisotopic (exact) mass is 432 g/mol. The molecule has 1 aliphatic heterocycles. The lowest BCUT2D eigenvalue weighted by Gasteiger charge is -2.15. The van der Waals surface area contributed by atoms with Crippen LogP contribution in [-0.2, 0) is 12.8 Å². The third kappa shape index (κ3) is 3.83. The average Bonchev–Trinajstić information content (AvgIpc) is 3.60. The minimum atomic E-state index is -0.268. The van der Waals surface area contributed by atoms with Crippen molar-refractivity contribution in [3.05, 3.63) is 93.2 Å². The van der Waals surface area contributed by atoms with Gasteiger partial charge in [-0.3, -0.25) is 9.79 Å². The number of halogens is 1. The minimum absolute atomic E-state index is 0.0447. The van der Waals surface area contributed by atoms with Crippen LogP contribution in [0.2, 0.25) is 0 Å². The number of aromatic nitrogens is 1. The van der Waals surface area contributed by atoms with Gasteiger partial charge in [0.25, 0.3) is 5.56 Å². The first-order valence-corrected chi connectivity index (χ1v) is 12.2. The molecule has 1 aliphatic carbocycles. The maximum atomic E-state index is 13.6. The van der Waals surface area contributed by atoms with Crippen molar-refractivity contribution in [3.63, 3.8) is 0 Å². The molecule has 5 heteroatoms. The van der Waals surface area contributed by atoms with Crippen molar-refractivity contribution < 1.29 is 4.39 Å². The smallest absolute Gasteiger partial charge is 0.250 e. The number of benzene rings is 2. The molecule has 0 radical (unpaired) electrons. The van der Waals surface area contributed by atoms with Crippen molar-refractivity contribution in [1.82, 2.24) is 4.57 Å². The maximum absolute atomic E-state index is 13.6. The molecule has 1 fully saturated rings. The van der Waals surface area contributed by atoms with Crippen LogP contribution in [0, 0.1) is 5.82 Å². The van der Waals surface area contributed by atoms with Crippen LogP contribution in [0.4, 0.5) is 4.39 Å². The van der Waals surface area contributed by atoms with Gasteiger partial charge in [-0.2, -0.15) is 10.5 Å². The number of pyridine rings is 1. The van der Waals surface area contributed by atoms with E-state index in [4.69, 9.17) is 4.99 Å². The third-order valence-electron chi connectivity index (χ3n) is 6.13. The molecule has 1 aromatic heterocycles. The zero-order chi connectivity index (χ0) is 21.7. The highest BCUT2D eigenvalue weighted by Gasteiger charge is 2.26. The van der Waals surface area contributed by atoms with Crippen molar-refractivity contribution in [2.24, 2.45) is 12.0 Å². The zero-order valence-electron chi connectivity index (χ0n) is 17.8. The Bertz CT molecular complexity index is 1290. The number of hydrogen-bond acceptors (Lipinski definition) is 2. The molecule has 1 unspecified atom stereocenters. The van der Waals surface area contributed by atoms with Crippen molar-refractivity contribution in [2.45, 2.75) is 36.8 Å². The molecule has 0 N–H and O–H groups in total. The van der Waals surface area contributed by atoms with E-state index in [1.54, 1.807) is 29.8 Å². The number of aryl methyl sites for hydroxylation is 1. The van der Waals surface area contributed by atoms with Crippen LogP contribution < -0.4 is 5.56 Å². The first-order valence-electron chi connectivity index (χ1n) is 10.6. The Kier molecular flexibility index (Phi) is 5.01.